The number of benzene rings is 2. The maximum atomic E-state index is 13.2. The Balaban J connectivity index is 1.93. The molecular weight excluding hydrogens is 545 g/mol. The summed E-state index contributed by atoms with van der Waals surface area (Å²) in [5, 5.41) is 9.42. The van der Waals surface area contributed by atoms with Gasteiger partial charge in [0.05, 0.1) is 5.56 Å². The van der Waals surface area contributed by atoms with Gasteiger partial charge in [0.2, 0.25) is 0 Å². The van der Waals surface area contributed by atoms with Gasteiger partial charge in [0, 0.05) is 46.6 Å². The van der Waals surface area contributed by atoms with Crippen molar-refractivity contribution in [2.75, 3.05) is 20.1 Å². The number of carbonyl (C=O) groups excluding carboxylic acids is 1. The van der Waals surface area contributed by atoms with Crippen molar-refractivity contribution in [3.63, 3.8) is 0 Å². The number of likely N-dealkylation sites (N-methyl/N-ethyl adjacent to an activating group) is 1. The molecule has 0 unspecified atom stereocenters. The fourth-order valence-electron chi connectivity index (χ4n) is 3.85. The lowest BCUT2D eigenvalue weighted by atomic mass is 9.85. The zero-order valence-corrected chi connectivity index (χ0v) is 19.5. The lowest BCUT2D eigenvalue weighted by Gasteiger charge is -2.42. The monoisotopic (exact) mass is 562 g/mol. The van der Waals surface area contributed by atoms with Gasteiger partial charge in [0.25, 0.3) is 5.91 Å². The van der Waals surface area contributed by atoms with E-state index in [0.29, 0.717) is 6.42 Å². The third-order valence-corrected chi connectivity index (χ3v) is 6.42. The van der Waals surface area contributed by atoms with Gasteiger partial charge in [-0.05, 0) is 42.3 Å². The Morgan fingerprint density at radius 3 is 2.32 bits per heavy atom. The van der Waals surface area contributed by atoms with Crippen LogP contribution in [-0.4, -0.2) is 53.1 Å². The van der Waals surface area contributed by atoms with Gasteiger partial charge < -0.3 is 14.9 Å². The predicted octanol–water partition coefficient (Wildman–Crippen LogP) is 5.84. The van der Waals surface area contributed by atoms with Gasteiger partial charge in [0.1, 0.15) is 0 Å². The third-order valence-electron chi connectivity index (χ3n) is 5.43. The number of halogens is 5. The van der Waals surface area contributed by atoms with Gasteiger partial charge in [-0.2, -0.15) is 13.2 Å². The van der Waals surface area contributed by atoms with E-state index < -0.39 is 23.7 Å². The second-order valence-electron chi connectivity index (χ2n) is 7.39. The number of alkyl halides is 3. The van der Waals surface area contributed by atoms with Crippen LogP contribution in [0.15, 0.2) is 51.4 Å². The molecule has 5 nitrogen and oxygen atoms in total. The van der Waals surface area contributed by atoms with Crippen molar-refractivity contribution in [3.05, 3.63) is 68.1 Å². The molecule has 3 rings (SSSR count). The van der Waals surface area contributed by atoms with Crippen LogP contribution in [0.5, 0.6) is 0 Å². The predicted molar refractivity (Wildman–Crippen MR) is 116 cm³/mol. The molecular formula is C21H19Br2F3N2O3. The second kappa shape index (κ2) is 9.20. The molecule has 2 atom stereocenters. The molecule has 1 N–H and O–H groups in total. The van der Waals surface area contributed by atoms with Crippen LogP contribution in [-0.2, 0) is 6.18 Å². The molecule has 10 heteroatoms. The minimum Gasteiger partial charge on any atom is -0.465 e. The van der Waals surface area contributed by atoms with Gasteiger partial charge in [-0.3, -0.25) is 4.79 Å². The van der Waals surface area contributed by atoms with Crippen LogP contribution in [0.2, 0.25) is 0 Å². The Hall–Kier alpha value is -2.07. The van der Waals surface area contributed by atoms with E-state index in [1.54, 1.807) is 7.05 Å². The van der Waals surface area contributed by atoms with Gasteiger partial charge in [-0.25, -0.2) is 4.79 Å². The SMILES string of the molecule is CN(C(=O)c1cc(Br)cc(C(F)(F)F)c1)[C@@H]1CCN(C(=O)O)C[C@H]1c1ccc(Br)cc1. The van der Waals surface area contributed by atoms with Crippen molar-refractivity contribution in [3.8, 4) is 0 Å². The van der Waals surface area contributed by atoms with E-state index in [1.807, 2.05) is 24.3 Å². The second-order valence-corrected chi connectivity index (χ2v) is 9.22. The first kappa shape index (κ1) is 23.6. The van der Waals surface area contributed by atoms with Crippen molar-refractivity contribution < 1.29 is 27.9 Å². The van der Waals surface area contributed by atoms with E-state index in [9.17, 15) is 27.9 Å². The lowest BCUT2D eigenvalue weighted by molar-refractivity contribution is -0.137. The minimum atomic E-state index is -4.58. The van der Waals surface area contributed by atoms with E-state index in [1.165, 1.54) is 15.9 Å². The summed E-state index contributed by atoms with van der Waals surface area (Å²) in [5.41, 5.74) is -0.146. The number of likely N-dealkylation sites (tertiary alicyclic amines) is 1. The van der Waals surface area contributed by atoms with E-state index in [0.717, 1.165) is 22.2 Å². The summed E-state index contributed by atoms with van der Waals surface area (Å²) in [6.07, 6.45) is -5.25. The Bertz CT molecular complexity index is 983. The number of piperidine rings is 1. The zero-order chi connectivity index (χ0) is 22.9. The third kappa shape index (κ3) is 5.41. The molecule has 0 spiro atoms. The molecule has 0 saturated carbocycles. The number of hydrogen-bond acceptors (Lipinski definition) is 2. The number of carboxylic acid groups (broad SMARTS) is 1. The number of nitrogens with zero attached hydrogens (tertiary/aromatic N) is 2. The summed E-state index contributed by atoms with van der Waals surface area (Å²) < 4.78 is 40.6. The lowest BCUT2D eigenvalue weighted by Crippen LogP contribution is -2.51. The number of carbonyl (C=O) groups is 2. The van der Waals surface area contributed by atoms with Crippen molar-refractivity contribution in [2.24, 2.45) is 0 Å². The van der Waals surface area contributed by atoms with Crippen LogP contribution in [0.4, 0.5) is 18.0 Å². The molecule has 1 fully saturated rings. The maximum absolute atomic E-state index is 13.2. The summed E-state index contributed by atoms with van der Waals surface area (Å²) >= 11 is 6.42. The van der Waals surface area contributed by atoms with Gasteiger partial charge in [0.15, 0.2) is 0 Å². The molecule has 0 aliphatic carbocycles. The van der Waals surface area contributed by atoms with Crippen LogP contribution >= 0.6 is 31.9 Å². The average molecular weight is 564 g/mol. The Labute approximate surface area is 194 Å². The van der Waals surface area contributed by atoms with Gasteiger partial charge >= 0.3 is 12.3 Å². The molecule has 1 aliphatic heterocycles. The number of rotatable bonds is 3. The molecule has 2 aromatic carbocycles. The van der Waals surface area contributed by atoms with Crippen molar-refractivity contribution in [1.82, 2.24) is 9.80 Å². The molecule has 2 amide bonds. The van der Waals surface area contributed by atoms with Crippen molar-refractivity contribution in [2.45, 2.75) is 24.6 Å². The van der Waals surface area contributed by atoms with Crippen LogP contribution in [0, 0.1) is 0 Å². The van der Waals surface area contributed by atoms with Crippen LogP contribution in [0.25, 0.3) is 0 Å². The highest BCUT2D eigenvalue weighted by molar-refractivity contribution is 9.10. The first-order valence-electron chi connectivity index (χ1n) is 9.35. The van der Waals surface area contributed by atoms with Crippen molar-refractivity contribution in [1.29, 1.82) is 0 Å². The highest BCUT2D eigenvalue weighted by Gasteiger charge is 2.37. The molecule has 1 saturated heterocycles. The Kier molecular flexibility index (Phi) is 7.00. The standard InChI is InChI=1S/C21H19Br2F3N2O3/c1-27(19(29)13-8-14(21(24,25)26)10-16(23)9-13)18-6-7-28(20(30)31)11-17(18)12-2-4-15(22)5-3-12/h2-5,8-10,17-18H,6-7,11H2,1H3,(H,30,31)/t17-,18+/m0/s1. The Morgan fingerprint density at radius 2 is 1.74 bits per heavy atom. The smallest absolute Gasteiger partial charge is 0.416 e. The Morgan fingerprint density at radius 1 is 1.10 bits per heavy atom. The maximum Gasteiger partial charge on any atom is 0.416 e. The molecule has 31 heavy (non-hydrogen) atoms. The fourth-order valence-corrected chi connectivity index (χ4v) is 4.60. The van der Waals surface area contributed by atoms with E-state index in [4.69, 9.17) is 0 Å². The number of amides is 2. The summed E-state index contributed by atoms with van der Waals surface area (Å²) in [7, 11) is 1.55. The number of hydrogen-bond donors (Lipinski definition) is 1. The normalized spacial score (nSPS) is 19.2. The molecule has 0 radical (unpaired) electrons. The summed E-state index contributed by atoms with van der Waals surface area (Å²) in [4.78, 5) is 27.4. The highest BCUT2D eigenvalue weighted by Crippen LogP contribution is 2.35. The quantitative estimate of drug-likeness (QED) is 0.510. The largest absolute Gasteiger partial charge is 0.465 e. The van der Waals surface area contributed by atoms with Gasteiger partial charge in [-0.15, -0.1) is 0 Å². The van der Waals surface area contributed by atoms with Crippen molar-refractivity contribution >= 4 is 43.9 Å². The first-order chi connectivity index (χ1) is 14.5. The molecule has 1 heterocycles. The summed E-state index contributed by atoms with van der Waals surface area (Å²) in [6.45, 7) is 0.419. The van der Waals surface area contributed by atoms with E-state index in [2.05, 4.69) is 31.9 Å². The van der Waals surface area contributed by atoms with E-state index in [-0.39, 0.29) is 35.1 Å². The van der Waals surface area contributed by atoms with E-state index >= 15 is 0 Å². The molecule has 166 valence electrons. The molecule has 2 aromatic rings. The highest BCUT2D eigenvalue weighted by atomic mass is 79.9. The van der Waals surface area contributed by atoms with Crippen LogP contribution < -0.4 is 0 Å². The topological polar surface area (TPSA) is 60.9 Å². The zero-order valence-electron chi connectivity index (χ0n) is 16.4. The summed E-state index contributed by atoms with van der Waals surface area (Å²) in [6, 6.07) is 10.1. The summed E-state index contributed by atoms with van der Waals surface area (Å²) in [5.74, 6) is -0.871. The molecule has 0 aromatic heterocycles. The fraction of sp³-hybridized carbons (Fsp3) is 0.333. The molecule has 0 bridgehead atoms. The average Bonchev–Trinajstić information content (AvgIpc) is 2.71. The van der Waals surface area contributed by atoms with Gasteiger partial charge in [-0.1, -0.05) is 44.0 Å². The minimum absolute atomic E-state index is 0.0839. The first-order valence-corrected chi connectivity index (χ1v) is 10.9. The van der Waals surface area contributed by atoms with Crippen LogP contribution in [0.1, 0.15) is 33.8 Å². The molecule has 1 aliphatic rings. The van der Waals surface area contributed by atoms with Crippen LogP contribution in [0.3, 0.4) is 0 Å².